The zero-order valence-corrected chi connectivity index (χ0v) is 21.4. The first kappa shape index (κ1) is 28.8. The van der Waals surface area contributed by atoms with Crippen LogP contribution in [0.4, 0.5) is 5.82 Å². The Balaban J connectivity index is 0.000000281. The number of morpholine rings is 1. The molecule has 1 aromatic carbocycles. The maximum atomic E-state index is 11.1. The SMILES string of the molecule is CNC(C)CCn1nc(CN2CCOCC2)cc1N(C)C=O.NC(C=O)=NC=NCc1ccccc1. The molecule has 11 nitrogen and oxygen atoms in total. The zero-order chi connectivity index (χ0) is 26.2. The lowest BCUT2D eigenvalue weighted by Crippen LogP contribution is -2.35. The third-order valence-electron chi connectivity index (χ3n) is 5.61. The fourth-order valence-electron chi connectivity index (χ4n) is 3.35. The number of carbonyl (C=O) groups excluding carboxylic acids is 2. The van der Waals surface area contributed by atoms with Gasteiger partial charge in [0.15, 0.2) is 12.1 Å². The van der Waals surface area contributed by atoms with E-state index in [1.807, 2.05) is 48.1 Å². The van der Waals surface area contributed by atoms with Crippen molar-refractivity contribution in [3.63, 3.8) is 0 Å². The van der Waals surface area contributed by atoms with Crippen LogP contribution in [0.25, 0.3) is 0 Å². The van der Waals surface area contributed by atoms with E-state index in [0.29, 0.717) is 18.9 Å². The van der Waals surface area contributed by atoms with E-state index in [9.17, 15) is 9.59 Å². The summed E-state index contributed by atoms with van der Waals surface area (Å²) in [7, 11) is 3.72. The van der Waals surface area contributed by atoms with Crippen molar-refractivity contribution in [2.75, 3.05) is 45.3 Å². The molecule has 0 saturated carbocycles. The van der Waals surface area contributed by atoms with Gasteiger partial charge in [-0.3, -0.25) is 19.5 Å². The number of amides is 1. The fraction of sp³-hybridized carbons (Fsp3) is 0.480. The van der Waals surface area contributed by atoms with Crippen molar-refractivity contribution in [2.24, 2.45) is 15.7 Å². The maximum absolute atomic E-state index is 11.1. The molecule has 1 aromatic heterocycles. The molecule has 1 unspecified atom stereocenters. The molecule has 0 bridgehead atoms. The molecule has 1 aliphatic rings. The molecular weight excluding hydrogens is 460 g/mol. The number of aldehydes is 1. The second kappa shape index (κ2) is 16.3. The van der Waals surface area contributed by atoms with E-state index in [1.165, 1.54) is 6.34 Å². The first-order valence-electron chi connectivity index (χ1n) is 12.0. The summed E-state index contributed by atoms with van der Waals surface area (Å²) in [5.41, 5.74) is 7.23. The van der Waals surface area contributed by atoms with Crippen molar-refractivity contribution in [1.82, 2.24) is 20.0 Å². The minimum absolute atomic E-state index is 0.0678. The molecule has 3 rings (SSSR count). The lowest BCUT2D eigenvalue weighted by atomic mass is 10.2. The topological polar surface area (TPSA) is 130 Å². The molecule has 1 atom stereocenters. The largest absolute Gasteiger partial charge is 0.381 e. The molecule has 0 spiro atoms. The lowest BCUT2D eigenvalue weighted by molar-refractivity contribution is -0.107. The van der Waals surface area contributed by atoms with Crippen LogP contribution in [0.5, 0.6) is 0 Å². The minimum atomic E-state index is -0.0678. The van der Waals surface area contributed by atoms with Crippen LogP contribution >= 0.6 is 0 Å². The number of nitrogens with one attached hydrogen (secondary N) is 1. The van der Waals surface area contributed by atoms with Crippen LogP contribution < -0.4 is 16.0 Å². The van der Waals surface area contributed by atoms with Gasteiger partial charge in [-0.2, -0.15) is 5.10 Å². The molecule has 36 heavy (non-hydrogen) atoms. The molecule has 11 heteroatoms. The summed E-state index contributed by atoms with van der Waals surface area (Å²) in [5.74, 6) is 0.781. The second-order valence-electron chi connectivity index (χ2n) is 8.41. The molecular formula is C25H38N8O3. The van der Waals surface area contributed by atoms with Crippen molar-refractivity contribution in [1.29, 1.82) is 0 Å². The Labute approximate surface area is 213 Å². The van der Waals surface area contributed by atoms with E-state index in [4.69, 9.17) is 10.5 Å². The van der Waals surface area contributed by atoms with E-state index in [0.717, 1.165) is 69.3 Å². The van der Waals surface area contributed by atoms with Crippen molar-refractivity contribution in [3.8, 4) is 0 Å². The van der Waals surface area contributed by atoms with Gasteiger partial charge in [-0.05, 0) is 26.0 Å². The van der Waals surface area contributed by atoms with E-state index in [-0.39, 0.29) is 5.84 Å². The van der Waals surface area contributed by atoms with Crippen LogP contribution in [0.3, 0.4) is 0 Å². The fourth-order valence-corrected chi connectivity index (χ4v) is 3.35. The van der Waals surface area contributed by atoms with Crippen molar-refractivity contribution in [2.45, 2.75) is 39.0 Å². The van der Waals surface area contributed by atoms with Gasteiger partial charge < -0.3 is 20.7 Å². The Morgan fingerprint density at radius 2 is 2.00 bits per heavy atom. The normalized spacial score (nSPS) is 15.2. The third kappa shape index (κ3) is 10.5. The average molecular weight is 499 g/mol. The van der Waals surface area contributed by atoms with Gasteiger partial charge in [-0.15, -0.1) is 0 Å². The molecule has 196 valence electrons. The smallest absolute Gasteiger partial charge is 0.215 e. The van der Waals surface area contributed by atoms with E-state index >= 15 is 0 Å². The molecule has 3 N–H and O–H groups in total. The standard InChI is InChI=1S/C15H27N5O2.C10H11N3O/c1-13(16-2)4-5-20-15(18(3)12-21)10-14(17-20)11-19-6-8-22-9-7-19;11-10(7-14)13-8-12-6-9-4-2-1-3-5-9/h10,12-13,16H,4-9,11H2,1-3H3;1-5,7-8H,6H2,(H2,11,12,13). The third-order valence-corrected chi connectivity index (χ3v) is 5.61. The quantitative estimate of drug-likeness (QED) is 0.254. The van der Waals surface area contributed by atoms with Gasteiger partial charge in [0.2, 0.25) is 6.41 Å². The summed E-state index contributed by atoms with van der Waals surface area (Å²) < 4.78 is 7.30. The van der Waals surface area contributed by atoms with Gasteiger partial charge >= 0.3 is 0 Å². The summed E-state index contributed by atoms with van der Waals surface area (Å²) in [6.07, 6.45) is 3.56. The van der Waals surface area contributed by atoms with Crippen LogP contribution in [0.1, 0.15) is 24.6 Å². The number of aliphatic imine (C=N–C) groups is 2. The number of rotatable bonds is 12. The maximum Gasteiger partial charge on any atom is 0.215 e. The number of aryl methyl sites for hydroxylation is 1. The summed E-state index contributed by atoms with van der Waals surface area (Å²) in [6, 6.07) is 12.2. The molecule has 1 saturated heterocycles. The molecule has 0 radical (unpaired) electrons. The molecule has 2 aromatic rings. The summed E-state index contributed by atoms with van der Waals surface area (Å²) in [5, 5.41) is 7.91. The highest BCUT2D eigenvalue weighted by Crippen LogP contribution is 2.17. The number of anilines is 1. The van der Waals surface area contributed by atoms with Crippen molar-refractivity contribution >= 4 is 30.7 Å². The van der Waals surface area contributed by atoms with Gasteiger partial charge in [0.05, 0.1) is 25.5 Å². The molecule has 0 aliphatic carbocycles. The number of benzene rings is 1. The van der Waals surface area contributed by atoms with E-state index in [1.54, 1.807) is 11.9 Å². The summed E-state index contributed by atoms with van der Waals surface area (Å²) >= 11 is 0. The van der Waals surface area contributed by atoms with Crippen LogP contribution in [-0.2, 0) is 34.0 Å². The Bertz CT molecular complexity index is 971. The van der Waals surface area contributed by atoms with Crippen LogP contribution in [-0.4, -0.2) is 86.0 Å². The number of nitrogens with zero attached hydrogens (tertiary/aromatic N) is 6. The number of hydrogen-bond acceptors (Lipinski definition) is 7. The first-order chi connectivity index (χ1) is 17.5. The van der Waals surface area contributed by atoms with Crippen LogP contribution in [0, 0.1) is 0 Å². The Hall–Kier alpha value is -3.41. The van der Waals surface area contributed by atoms with Crippen molar-refractivity contribution < 1.29 is 14.3 Å². The summed E-state index contributed by atoms with van der Waals surface area (Å²) in [4.78, 5) is 32.6. The predicted octanol–water partition coefficient (Wildman–Crippen LogP) is 1.08. The van der Waals surface area contributed by atoms with Crippen molar-refractivity contribution in [3.05, 3.63) is 47.7 Å². The minimum Gasteiger partial charge on any atom is -0.381 e. The number of ether oxygens (including phenoxy) is 1. The highest BCUT2D eigenvalue weighted by Gasteiger charge is 2.16. The molecule has 2 heterocycles. The Morgan fingerprint density at radius 3 is 2.64 bits per heavy atom. The molecule has 1 amide bonds. The van der Waals surface area contributed by atoms with Gasteiger partial charge in [0.25, 0.3) is 0 Å². The van der Waals surface area contributed by atoms with Gasteiger partial charge in [-0.25, -0.2) is 9.67 Å². The number of carbonyl (C=O) groups is 2. The lowest BCUT2D eigenvalue weighted by Gasteiger charge is -2.25. The Morgan fingerprint density at radius 1 is 1.28 bits per heavy atom. The Kier molecular flexibility index (Phi) is 13.0. The number of nitrogens with two attached hydrogens (primary N) is 1. The number of hydrogen-bond donors (Lipinski definition) is 2. The van der Waals surface area contributed by atoms with E-state index in [2.05, 4.69) is 32.2 Å². The number of aromatic nitrogens is 2. The highest BCUT2D eigenvalue weighted by molar-refractivity contribution is 6.27. The number of amidine groups is 1. The zero-order valence-electron chi connectivity index (χ0n) is 21.4. The van der Waals surface area contributed by atoms with Crippen LogP contribution in [0.2, 0.25) is 0 Å². The highest BCUT2D eigenvalue weighted by atomic mass is 16.5. The summed E-state index contributed by atoms with van der Waals surface area (Å²) in [6.45, 7) is 7.70. The first-order valence-corrected chi connectivity index (χ1v) is 12.0. The average Bonchev–Trinajstić information content (AvgIpc) is 3.33. The van der Waals surface area contributed by atoms with Gasteiger partial charge in [-0.1, -0.05) is 30.3 Å². The van der Waals surface area contributed by atoms with Gasteiger partial charge in [0.1, 0.15) is 12.2 Å². The van der Waals surface area contributed by atoms with Gasteiger partial charge in [0, 0.05) is 45.3 Å². The van der Waals surface area contributed by atoms with E-state index < -0.39 is 0 Å². The van der Waals surface area contributed by atoms with Crippen LogP contribution in [0.15, 0.2) is 46.4 Å². The monoisotopic (exact) mass is 498 g/mol. The molecule has 1 fully saturated rings. The second-order valence-corrected chi connectivity index (χ2v) is 8.41. The molecule has 1 aliphatic heterocycles. The predicted molar refractivity (Wildman–Crippen MR) is 142 cm³/mol.